The highest BCUT2D eigenvalue weighted by Crippen LogP contribution is 2.02. The van der Waals surface area contributed by atoms with E-state index in [0.29, 0.717) is 26.2 Å². The Kier molecular flexibility index (Phi) is 5.56. The predicted octanol–water partition coefficient (Wildman–Crippen LogP) is -1.34. The zero-order valence-corrected chi connectivity index (χ0v) is 11.0. The highest BCUT2D eigenvalue weighted by molar-refractivity contribution is 5.76. The lowest BCUT2D eigenvalue weighted by atomic mass is 10.2. The smallest absolute Gasteiger partial charge is 0.320 e. The van der Waals surface area contributed by atoms with Gasteiger partial charge < -0.3 is 26.0 Å². The van der Waals surface area contributed by atoms with Crippen molar-refractivity contribution >= 4 is 17.9 Å². The Morgan fingerprint density at radius 1 is 1.21 bits per heavy atom. The van der Waals surface area contributed by atoms with Crippen LogP contribution in [-0.4, -0.2) is 71.6 Å². The average molecular weight is 272 g/mol. The van der Waals surface area contributed by atoms with Crippen LogP contribution in [0.2, 0.25) is 0 Å². The summed E-state index contributed by atoms with van der Waals surface area (Å²) in [6.45, 7) is 3.74. The molecular weight excluding hydrogens is 252 g/mol. The Labute approximate surface area is 111 Å². The number of nitrogens with one attached hydrogen (secondary N) is 1. The zero-order valence-electron chi connectivity index (χ0n) is 11.0. The Hall–Kier alpha value is -1.83. The van der Waals surface area contributed by atoms with Gasteiger partial charge >= 0.3 is 12.0 Å². The second-order valence-electron chi connectivity index (χ2n) is 4.46. The third kappa shape index (κ3) is 4.74. The number of aliphatic carboxylic acids is 1. The minimum atomic E-state index is -1.08. The van der Waals surface area contributed by atoms with Gasteiger partial charge in [0.2, 0.25) is 5.91 Å². The van der Waals surface area contributed by atoms with Gasteiger partial charge in [0.05, 0.1) is 0 Å². The molecule has 1 heterocycles. The summed E-state index contributed by atoms with van der Waals surface area (Å²) >= 11 is 0. The summed E-state index contributed by atoms with van der Waals surface area (Å²) in [6, 6.07) is -1.21. The van der Waals surface area contributed by atoms with Crippen molar-refractivity contribution in [2.75, 3.05) is 32.7 Å². The van der Waals surface area contributed by atoms with Crippen LogP contribution in [0, 0.1) is 0 Å². The van der Waals surface area contributed by atoms with Gasteiger partial charge in [0.25, 0.3) is 0 Å². The van der Waals surface area contributed by atoms with Crippen LogP contribution in [0.25, 0.3) is 0 Å². The van der Waals surface area contributed by atoms with Crippen molar-refractivity contribution in [3.63, 3.8) is 0 Å². The largest absolute Gasteiger partial charge is 0.480 e. The van der Waals surface area contributed by atoms with Crippen molar-refractivity contribution in [2.45, 2.75) is 19.4 Å². The molecule has 1 atom stereocenters. The van der Waals surface area contributed by atoms with Gasteiger partial charge in [-0.2, -0.15) is 0 Å². The van der Waals surface area contributed by atoms with Crippen LogP contribution in [0.5, 0.6) is 0 Å². The van der Waals surface area contributed by atoms with Crippen LogP contribution in [0.1, 0.15) is 13.3 Å². The molecule has 8 nitrogen and oxygen atoms in total. The number of amides is 3. The lowest BCUT2D eigenvalue weighted by Crippen LogP contribution is -2.53. The van der Waals surface area contributed by atoms with Crippen molar-refractivity contribution < 1.29 is 19.5 Å². The molecule has 1 unspecified atom stereocenters. The van der Waals surface area contributed by atoms with Crippen molar-refractivity contribution in [3.05, 3.63) is 0 Å². The molecule has 1 fully saturated rings. The summed E-state index contributed by atoms with van der Waals surface area (Å²) in [4.78, 5) is 36.7. The molecule has 0 aromatic rings. The minimum absolute atomic E-state index is 0.00694. The number of carbonyl (C=O) groups excluding carboxylic acids is 2. The third-order valence-electron chi connectivity index (χ3n) is 3.06. The Morgan fingerprint density at radius 3 is 2.21 bits per heavy atom. The molecule has 1 rings (SSSR count). The lowest BCUT2D eigenvalue weighted by molar-refractivity contribution is -0.138. The summed E-state index contributed by atoms with van der Waals surface area (Å²) in [5, 5.41) is 11.2. The van der Waals surface area contributed by atoms with Crippen molar-refractivity contribution in [1.29, 1.82) is 0 Å². The van der Waals surface area contributed by atoms with E-state index < -0.39 is 12.0 Å². The number of nitrogens with two attached hydrogens (primary N) is 1. The number of hydrogen-bond donors (Lipinski definition) is 3. The molecule has 0 aromatic carbocycles. The topological polar surface area (TPSA) is 116 Å². The Balaban J connectivity index is 2.24. The Morgan fingerprint density at radius 2 is 1.74 bits per heavy atom. The number of urea groups is 1. The monoisotopic (exact) mass is 272 g/mol. The van der Waals surface area contributed by atoms with Gasteiger partial charge in [-0.25, -0.2) is 4.79 Å². The van der Waals surface area contributed by atoms with Crippen molar-refractivity contribution in [3.8, 4) is 0 Å². The fourth-order valence-electron chi connectivity index (χ4n) is 1.79. The second kappa shape index (κ2) is 6.93. The first-order valence-corrected chi connectivity index (χ1v) is 6.18. The van der Waals surface area contributed by atoms with Crippen LogP contribution in [0.15, 0.2) is 0 Å². The van der Waals surface area contributed by atoms with Gasteiger partial charge in [0.15, 0.2) is 0 Å². The molecule has 1 aliphatic rings. The Bertz CT molecular complexity index is 353. The van der Waals surface area contributed by atoms with E-state index in [-0.39, 0.29) is 24.9 Å². The summed E-state index contributed by atoms with van der Waals surface area (Å²) in [7, 11) is 0. The van der Waals surface area contributed by atoms with Gasteiger partial charge in [-0.15, -0.1) is 0 Å². The van der Waals surface area contributed by atoms with Gasteiger partial charge in [0, 0.05) is 39.6 Å². The van der Waals surface area contributed by atoms with Crippen LogP contribution in [-0.2, 0) is 9.59 Å². The lowest BCUT2D eigenvalue weighted by Gasteiger charge is -2.34. The first-order chi connectivity index (χ1) is 8.91. The summed E-state index contributed by atoms with van der Waals surface area (Å²) in [5.74, 6) is -1.07. The fraction of sp³-hybridized carbons (Fsp3) is 0.727. The SMILES string of the molecule is CC(=O)N1CCN(C(=O)NCCC(N)C(=O)O)CC1. The molecule has 0 bridgehead atoms. The number of hydrogen-bond acceptors (Lipinski definition) is 4. The first-order valence-electron chi connectivity index (χ1n) is 6.18. The maximum Gasteiger partial charge on any atom is 0.320 e. The van der Waals surface area contributed by atoms with Gasteiger partial charge in [-0.1, -0.05) is 0 Å². The standard InChI is InChI=1S/C11H20N4O4/c1-8(16)14-4-6-15(7-5-14)11(19)13-3-2-9(12)10(17)18/h9H,2-7,12H2,1H3,(H,13,19)(H,17,18). The second-order valence-corrected chi connectivity index (χ2v) is 4.46. The van der Waals surface area contributed by atoms with Crippen molar-refractivity contribution in [2.24, 2.45) is 5.73 Å². The number of carboxylic acid groups (broad SMARTS) is 1. The van der Waals surface area contributed by atoms with E-state index in [2.05, 4.69) is 5.32 Å². The average Bonchev–Trinajstić information content (AvgIpc) is 2.38. The molecular formula is C11H20N4O4. The molecule has 1 saturated heterocycles. The molecule has 0 saturated carbocycles. The number of carbonyl (C=O) groups is 3. The van der Waals surface area contributed by atoms with E-state index in [4.69, 9.17) is 10.8 Å². The quantitative estimate of drug-likeness (QED) is 0.586. The fourth-order valence-corrected chi connectivity index (χ4v) is 1.79. The summed E-state index contributed by atoms with van der Waals surface area (Å²) < 4.78 is 0. The van der Waals surface area contributed by atoms with Gasteiger partial charge in [-0.3, -0.25) is 9.59 Å². The highest BCUT2D eigenvalue weighted by atomic mass is 16.4. The maximum atomic E-state index is 11.7. The van der Waals surface area contributed by atoms with E-state index in [0.717, 1.165) is 0 Å². The van der Waals surface area contributed by atoms with Crippen LogP contribution in [0.4, 0.5) is 4.79 Å². The molecule has 0 spiro atoms. The maximum absolute atomic E-state index is 11.7. The molecule has 1 aliphatic heterocycles. The van der Waals surface area contributed by atoms with Crippen LogP contribution < -0.4 is 11.1 Å². The van der Waals surface area contributed by atoms with E-state index in [1.165, 1.54) is 6.92 Å². The number of carboxylic acids is 1. The minimum Gasteiger partial charge on any atom is -0.480 e. The number of piperazine rings is 1. The van der Waals surface area contributed by atoms with E-state index in [1.807, 2.05) is 0 Å². The highest BCUT2D eigenvalue weighted by Gasteiger charge is 2.22. The van der Waals surface area contributed by atoms with E-state index >= 15 is 0 Å². The first kappa shape index (κ1) is 15.2. The normalized spacial score (nSPS) is 16.9. The molecule has 4 N–H and O–H groups in total. The molecule has 0 aliphatic carbocycles. The number of nitrogens with zero attached hydrogens (tertiary/aromatic N) is 2. The van der Waals surface area contributed by atoms with Gasteiger partial charge in [-0.05, 0) is 6.42 Å². The molecule has 108 valence electrons. The van der Waals surface area contributed by atoms with Crippen molar-refractivity contribution in [1.82, 2.24) is 15.1 Å². The van der Waals surface area contributed by atoms with Gasteiger partial charge in [0.1, 0.15) is 6.04 Å². The number of rotatable bonds is 4. The molecule has 8 heteroatoms. The van der Waals surface area contributed by atoms with E-state index in [1.54, 1.807) is 9.80 Å². The predicted molar refractivity (Wildman–Crippen MR) is 67.5 cm³/mol. The zero-order chi connectivity index (χ0) is 14.4. The molecule has 19 heavy (non-hydrogen) atoms. The molecule has 0 radical (unpaired) electrons. The molecule has 3 amide bonds. The summed E-state index contributed by atoms with van der Waals surface area (Å²) in [5.41, 5.74) is 5.32. The summed E-state index contributed by atoms with van der Waals surface area (Å²) in [6.07, 6.45) is 0.189. The van der Waals surface area contributed by atoms with Crippen LogP contribution in [0.3, 0.4) is 0 Å². The van der Waals surface area contributed by atoms with Crippen LogP contribution >= 0.6 is 0 Å². The third-order valence-corrected chi connectivity index (χ3v) is 3.06. The molecule has 0 aromatic heterocycles. The van der Waals surface area contributed by atoms with E-state index in [9.17, 15) is 14.4 Å².